The maximum Gasteiger partial charge on any atom is 0.0249 e. The van der Waals surface area contributed by atoms with Crippen molar-refractivity contribution >= 4 is 23.4 Å². The van der Waals surface area contributed by atoms with Crippen LogP contribution in [0.5, 0.6) is 0 Å². The van der Waals surface area contributed by atoms with Crippen LogP contribution in [0.2, 0.25) is 0 Å². The third-order valence-corrected chi connectivity index (χ3v) is 2.97. The second kappa shape index (κ2) is 7.74. The maximum absolute atomic E-state index is 5.66. The molecule has 0 aliphatic rings. The van der Waals surface area contributed by atoms with Crippen LogP contribution in [-0.4, -0.2) is 17.4 Å². The van der Waals surface area contributed by atoms with E-state index in [1.54, 1.807) is 0 Å². The number of halogens is 1. The zero-order chi connectivity index (χ0) is 7.82. The van der Waals surface area contributed by atoms with Gasteiger partial charge in [-0.25, -0.2) is 0 Å². The molecule has 0 saturated heterocycles. The quantitative estimate of drug-likeness (QED) is 0.446. The molecule has 0 heterocycles. The second-order valence-electron chi connectivity index (χ2n) is 2.60. The molecule has 0 aromatic rings. The highest BCUT2D eigenvalue weighted by molar-refractivity contribution is 7.99. The molecule has 0 fully saturated rings. The minimum atomic E-state index is 0.708. The van der Waals surface area contributed by atoms with E-state index in [-0.39, 0.29) is 0 Å². The van der Waals surface area contributed by atoms with Crippen LogP contribution in [0.4, 0.5) is 0 Å². The van der Waals surface area contributed by atoms with E-state index in [9.17, 15) is 0 Å². The first-order valence-electron chi connectivity index (χ1n) is 3.95. The van der Waals surface area contributed by atoms with E-state index < -0.39 is 0 Å². The van der Waals surface area contributed by atoms with Crippen LogP contribution in [0.15, 0.2) is 0 Å². The van der Waals surface area contributed by atoms with Gasteiger partial charge in [-0.15, -0.1) is 11.6 Å². The molecule has 1 atom stereocenters. The molecule has 0 nitrogen and oxygen atoms in total. The van der Waals surface area contributed by atoms with Crippen LogP contribution in [0.3, 0.4) is 0 Å². The topological polar surface area (TPSA) is 0 Å². The minimum Gasteiger partial charge on any atom is -0.162 e. The number of thioether (sulfide) groups is 1. The standard InChI is InChI=1S/C8H17ClS/c1-3-10-6-4-5-8(2)7-9/h8H,3-7H2,1-2H3. The predicted molar refractivity (Wildman–Crippen MR) is 52.1 cm³/mol. The molecule has 10 heavy (non-hydrogen) atoms. The van der Waals surface area contributed by atoms with Crippen molar-refractivity contribution < 1.29 is 0 Å². The highest BCUT2D eigenvalue weighted by atomic mass is 35.5. The Morgan fingerprint density at radius 2 is 2.20 bits per heavy atom. The van der Waals surface area contributed by atoms with Gasteiger partial charge in [0.15, 0.2) is 0 Å². The van der Waals surface area contributed by atoms with Gasteiger partial charge in [0.05, 0.1) is 0 Å². The van der Waals surface area contributed by atoms with Crippen molar-refractivity contribution in [3.05, 3.63) is 0 Å². The van der Waals surface area contributed by atoms with Crippen molar-refractivity contribution in [1.82, 2.24) is 0 Å². The molecule has 0 bridgehead atoms. The molecule has 0 rings (SSSR count). The summed E-state index contributed by atoms with van der Waals surface area (Å²) in [7, 11) is 0. The van der Waals surface area contributed by atoms with Gasteiger partial charge in [0, 0.05) is 5.88 Å². The molecule has 0 aromatic carbocycles. The first kappa shape index (κ1) is 10.6. The van der Waals surface area contributed by atoms with Crippen molar-refractivity contribution in [2.24, 2.45) is 5.92 Å². The molecule has 0 amide bonds. The van der Waals surface area contributed by atoms with Gasteiger partial charge in [-0.3, -0.25) is 0 Å². The Labute approximate surface area is 73.7 Å². The fraction of sp³-hybridized carbons (Fsp3) is 1.00. The van der Waals surface area contributed by atoms with Crippen molar-refractivity contribution in [2.45, 2.75) is 26.7 Å². The van der Waals surface area contributed by atoms with Crippen LogP contribution in [-0.2, 0) is 0 Å². The van der Waals surface area contributed by atoms with Crippen molar-refractivity contribution in [3.8, 4) is 0 Å². The van der Waals surface area contributed by atoms with Gasteiger partial charge in [-0.1, -0.05) is 13.8 Å². The lowest BCUT2D eigenvalue weighted by atomic mass is 10.1. The second-order valence-corrected chi connectivity index (χ2v) is 4.30. The van der Waals surface area contributed by atoms with Crippen molar-refractivity contribution in [1.29, 1.82) is 0 Å². The third kappa shape index (κ3) is 6.76. The van der Waals surface area contributed by atoms with Gasteiger partial charge in [-0.2, -0.15) is 11.8 Å². The summed E-state index contributed by atoms with van der Waals surface area (Å²) < 4.78 is 0. The number of alkyl halides is 1. The molecule has 2 heteroatoms. The Hall–Kier alpha value is 0.640. The predicted octanol–water partition coefficient (Wildman–Crippen LogP) is 3.39. The van der Waals surface area contributed by atoms with Crippen LogP contribution >= 0.6 is 23.4 Å². The summed E-state index contributed by atoms with van der Waals surface area (Å²) in [4.78, 5) is 0. The number of rotatable bonds is 6. The monoisotopic (exact) mass is 180 g/mol. The first-order chi connectivity index (χ1) is 4.81. The van der Waals surface area contributed by atoms with E-state index in [2.05, 4.69) is 13.8 Å². The SMILES string of the molecule is CCSCCCC(C)CCl. The molecular formula is C8H17ClS. The van der Waals surface area contributed by atoms with Crippen LogP contribution < -0.4 is 0 Å². The fourth-order valence-electron chi connectivity index (χ4n) is 0.755. The van der Waals surface area contributed by atoms with Crippen LogP contribution in [0.1, 0.15) is 26.7 Å². The van der Waals surface area contributed by atoms with E-state index >= 15 is 0 Å². The lowest BCUT2D eigenvalue weighted by molar-refractivity contribution is 0.585. The first-order valence-corrected chi connectivity index (χ1v) is 5.63. The summed E-state index contributed by atoms with van der Waals surface area (Å²) in [6.45, 7) is 4.42. The normalized spacial score (nSPS) is 13.5. The zero-order valence-corrected chi connectivity index (χ0v) is 8.47. The highest BCUT2D eigenvalue weighted by Crippen LogP contribution is 2.10. The van der Waals surface area contributed by atoms with E-state index in [0.29, 0.717) is 5.92 Å². The molecule has 0 aliphatic heterocycles. The molecule has 0 spiro atoms. The Morgan fingerprint density at radius 3 is 2.70 bits per heavy atom. The molecule has 0 aromatic heterocycles. The highest BCUT2D eigenvalue weighted by Gasteiger charge is 1.97. The van der Waals surface area contributed by atoms with Gasteiger partial charge in [0.25, 0.3) is 0 Å². The van der Waals surface area contributed by atoms with Crippen molar-refractivity contribution in [2.75, 3.05) is 17.4 Å². The van der Waals surface area contributed by atoms with Crippen LogP contribution in [0.25, 0.3) is 0 Å². The number of hydrogen-bond acceptors (Lipinski definition) is 1. The lowest BCUT2D eigenvalue weighted by Crippen LogP contribution is -1.96. The summed E-state index contributed by atoms with van der Waals surface area (Å²) in [5.74, 6) is 4.07. The van der Waals surface area contributed by atoms with E-state index in [1.165, 1.54) is 24.3 Å². The average Bonchev–Trinajstić information content (AvgIpc) is 1.98. The van der Waals surface area contributed by atoms with Crippen LogP contribution in [0, 0.1) is 5.92 Å². The zero-order valence-electron chi connectivity index (χ0n) is 6.90. The van der Waals surface area contributed by atoms with Gasteiger partial charge in [0.2, 0.25) is 0 Å². The van der Waals surface area contributed by atoms with E-state index in [0.717, 1.165) is 5.88 Å². The third-order valence-electron chi connectivity index (χ3n) is 1.45. The summed E-state index contributed by atoms with van der Waals surface area (Å²) >= 11 is 7.68. The molecule has 0 saturated carbocycles. The Morgan fingerprint density at radius 1 is 1.50 bits per heavy atom. The molecule has 62 valence electrons. The number of hydrogen-bond donors (Lipinski definition) is 0. The molecule has 0 radical (unpaired) electrons. The summed E-state index contributed by atoms with van der Waals surface area (Å²) in [5, 5.41) is 0. The smallest absolute Gasteiger partial charge is 0.0249 e. The fourth-order valence-corrected chi connectivity index (χ4v) is 1.57. The largest absolute Gasteiger partial charge is 0.162 e. The molecular weight excluding hydrogens is 164 g/mol. The molecule has 0 N–H and O–H groups in total. The Balaban J connectivity index is 2.89. The lowest BCUT2D eigenvalue weighted by Gasteiger charge is -2.04. The van der Waals surface area contributed by atoms with E-state index in [1.807, 2.05) is 11.8 Å². The summed E-state index contributed by atoms with van der Waals surface area (Å²) in [6, 6.07) is 0. The maximum atomic E-state index is 5.66. The van der Waals surface area contributed by atoms with Gasteiger partial charge < -0.3 is 0 Å². The van der Waals surface area contributed by atoms with Gasteiger partial charge in [-0.05, 0) is 30.3 Å². The minimum absolute atomic E-state index is 0.708. The molecule has 0 aliphatic carbocycles. The van der Waals surface area contributed by atoms with Gasteiger partial charge >= 0.3 is 0 Å². The van der Waals surface area contributed by atoms with E-state index in [4.69, 9.17) is 11.6 Å². The summed E-state index contributed by atoms with van der Waals surface area (Å²) in [6.07, 6.45) is 2.61. The Bertz CT molecular complexity index is 66.3. The Kier molecular flexibility index (Phi) is 8.24. The molecule has 1 unspecified atom stereocenters. The van der Waals surface area contributed by atoms with Crippen molar-refractivity contribution in [3.63, 3.8) is 0 Å². The average molecular weight is 181 g/mol. The van der Waals surface area contributed by atoms with Gasteiger partial charge in [0.1, 0.15) is 0 Å². The summed E-state index contributed by atoms with van der Waals surface area (Å²) in [5.41, 5.74) is 0.